The molecule has 0 fully saturated rings. The molecule has 0 aromatic carbocycles. The second-order valence-electron chi connectivity index (χ2n) is 3.04. The zero-order valence-electron chi connectivity index (χ0n) is 7.68. The molecule has 0 bridgehead atoms. The van der Waals surface area contributed by atoms with E-state index in [0.717, 1.165) is 11.0 Å². The van der Waals surface area contributed by atoms with Gasteiger partial charge < -0.3 is 17.3 Å². The Labute approximate surface area is 74.9 Å². The van der Waals surface area contributed by atoms with Crippen molar-refractivity contribution in [1.29, 1.82) is 0 Å². The zero-order valence-corrected chi connectivity index (χ0v) is 7.68. The molecule has 78 valence electrons. The molecule has 1 rings (SSSR count). The molecule has 1 aliphatic rings. The smallest absolute Gasteiger partial charge is 0.418 e. The molecule has 0 radical (unpaired) electrons. The maximum absolute atomic E-state index is 9.75. The average molecular weight is 200 g/mol. The van der Waals surface area contributed by atoms with Crippen LogP contribution in [0.4, 0.5) is 17.3 Å². The fourth-order valence-electron chi connectivity index (χ4n) is 0.839. The Bertz CT molecular complexity index is 176. The molecule has 13 heavy (non-hydrogen) atoms. The van der Waals surface area contributed by atoms with Gasteiger partial charge in [0.2, 0.25) is 0 Å². The van der Waals surface area contributed by atoms with Gasteiger partial charge in [0.25, 0.3) is 0 Å². The second-order valence-corrected chi connectivity index (χ2v) is 3.04. The number of nitrogens with zero attached hydrogens (tertiary/aromatic N) is 2. The van der Waals surface area contributed by atoms with E-state index in [4.69, 9.17) is 0 Å². The largest absolute Gasteiger partial charge is 0.673 e. The van der Waals surface area contributed by atoms with Crippen LogP contribution in [0.1, 0.15) is 6.92 Å². The first kappa shape index (κ1) is 12.4. The van der Waals surface area contributed by atoms with Gasteiger partial charge in [0, 0.05) is 0 Å². The van der Waals surface area contributed by atoms with Crippen LogP contribution in [0, 0.1) is 0 Å². The Morgan fingerprint density at radius 3 is 2.00 bits per heavy atom. The summed E-state index contributed by atoms with van der Waals surface area (Å²) in [5.74, 6) is 0. The molecule has 1 heterocycles. The molecule has 0 aromatic heterocycles. The first-order valence-corrected chi connectivity index (χ1v) is 3.99. The number of rotatable bonds is 1. The lowest BCUT2D eigenvalue weighted by Gasteiger charge is -2.21. The van der Waals surface area contributed by atoms with Gasteiger partial charge in [-0.05, 0) is 6.92 Å². The van der Waals surface area contributed by atoms with Crippen molar-refractivity contribution in [3.05, 3.63) is 0 Å². The van der Waals surface area contributed by atoms with Gasteiger partial charge in [-0.15, -0.1) is 0 Å². The van der Waals surface area contributed by atoms with Crippen LogP contribution in [0.15, 0.2) is 4.99 Å². The number of hydrogen-bond donors (Lipinski definition) is 0. The SMILES string of the molecule is CC[N+]1(C)C=NCC1.F[B-](F)(F)F. The molecule has 0 saturated heterocycles. The van der Waals surface area contributed by atoms with Gasteiger partial charge in [-0.2, -0.15) is 0 Å². The first-order chi connectivity index (χ1) is 5.77. The van der Waals surface area contributed by atoms with Crippen molar-refractivity contribution in [1.82, 2.24) is 0 Å². The van der Waals surface area contributed by atoms with Crippen molar-refractivity contribution in [3.8, 4) is 0 Å². The van der Waals surface area contributed by atoms with Crippen molar-refractivity contribution in [2.45, 2.75) is 6.92 Å². The molecule has 1 aliphatic heterocycles. The Morgan fingerprint density at radius 1 is 1.38 bits per heavy atom. The Morgan fingerprint density at radius 2 is 1.85 bits per heavy atom. The fraction of sp³-hybridized carbons (Fsp3) is 0.833. The van der Waals surface area contributed by atoms with Crippen molar-refractivity contribution < 1.29 is 21.7 Å². The minimum atomic E-state index is -6.00. The number of quaternary nitrogens is 1. The van der Waals surface area contributed by atoms with Crippen molar-refractivity contribution in [2.75, 3.05) is 26.7 Å². The zero-order chi connectivity index (χ0) is 10.5. The summed E-state index contributed by atoms with van der Waals surface area (Å²) in [6, 6.07) is 0. The lowest BCUT2D eigenvalue weighted by Crippen LogP contribution is -2.40. The van der Waals surface area contributed by atoms with Crippen LogP contribution in [0.2, 0.25) is 0 Å². The van der Waals surface area contributed by atoms with Crippen molar-refractivity contribution in [2.24, 2.45) is 4.99 Å². The topological polar surface area (TPSA) is 12.4 Å². The van der Waals surface area contributed by atoms with Gasteiger partial charge in [0.1, 0.15) is 6.54 Å². The van der Waals surface area contributed by atoms with Gasteiger partial charge in [0.05, 0.1) is 20.1 Å². The van der Waals surface area contributed by atoms with Crippen LogP contribution in [-0.4, -0.2) is 44.8 Å². The lowest BCUT2D eigenvalue weighted by atomic mass is 10.3. The number of aliphatic imine (C=N–C) groups is 1. The second kappa shape index (κ2) is 4.60. The fourth-order valence-corrected chi connectivity index (χ4v) is 0.839. The third-order valence-corrected chi connectivity index (χ3v) is 1.82. The molecule has 0 spiro atoms. The van der Waals surface area contributed by atoms with Crippen LogP contribution >= 0.6 is 0 Å². The monoisotopic (exact) mass is 200 g/mol. The summed E-state index contributed by atoms with van der Waals surface area (Å²) in [6.45, 7) is 5.57. The van der Waals surface area contributed by atoms with Crippen molar-refractivity contribution >= 4 is 13.6 Å². The summed E-state index contributed by atoms with van der Waals surface area (Å²) in [7, 11) is -3.80. The van der Waals surface area contributed by atoms with E-state index >= 15 is 0 Å². The summed E-state index contributed by atoms with van der Waals surface area (Å²) >= 11 is 0. The van der Waals surface area contributed by atoms with E-state index in [2.05, 4.69) is 19.0 Å². The molecule has 0 N–H and O–H groups in total. The minimum Gasteiger partial charge on any atom is -0.418 e. The van der Waals surface area contributed by atoms with E-state index in [1.165, 1.54) is 13.1 Å². The van der Waals surface area contributed by atoms with E-state index in [1.54, 1.807) is 0 Å². The lowest BCUT2D eigenvalue weighted by molar-refractivity contribution is -0.805. The van der Waals surface area contributed by atoms with E-state index in [0.29, 0.717) is 0 Å². The molecule has 7 heteroatoms. The maximum atomic E-state index is 9.75. The highest BCUT2D eigenvalue weighted by Crippen LogP contribution is 2.06. The molecule has 1 atom stereocenters. The van der Waals surface area contributed by atoms with Crippen LogP contribution in [-0.2, 0) is 0 Å². The molecular weight excluding hydrogens is 187 g/mol. The number of hydrogen-bond acceptors (Lipinski definition) is 1. The molecule has 0 aromatic rings. The predicted molar refractivity (Wildman–Crippen MR) is 45.1 cm³/mol. The quantitative estimate of drug-likeness (QED) is 0.347. The van der Waals surface area contributed by atoms with Crippen LogP contribution in [0.5, 0.6) is 0 Å². The van der Waals surface area contributed by atoms with Crippen LogP contribution in [0.3, 0.4) is 0 Å². The Hall–Kier alpha value is -0.585. The third kappa shape index (κ3) is 7.77. The first-order valence-electron chi connectivity index (χ1n) is 3.99. The summed E-state index contributed by atoms with van der Waals surface area (Å²) in [5.41, 5.74) is 0. The van der Waals surface area contributed by atoms with Crippen LogP contribution in [0.25, 0.3) is 0 Å². The normalized spacial score (nSPS) is 26.9. The number of likely N-dealkylation sites (N-methyl/N-ethyl adjacent to an activating group) is 1. The van der Waals surface area contributed by atoms with Crippen LogP contribution < -0.4 is 0 Å². The molecule has 0 aliphatic carbocycles. The highest BCUT2D eigenvalue weighted by atomic mass is 19.5. The van der Waals surface area contributed by atoms with Gasteiger partial charge in [-0.3, -0.25) is 4.48 Å². The van der Waals surface area contributed by atoms with Gasteiger partial charge in [-0.1, -0.05) is 0 Å². The standard InChI is InChI=1S/C6H13N2.BF4/c1-3-8(2)5-4-7-6-8;2-1(3,4)5/h6H,3-5H2,1-2H3;/q+1;-1. The molecular formula is C6H13BF4N2. The maximum Gasteiger partial charge on any atom is 0.673 e. The van der Waals surface area contributed by atoms with E-state index < -0.39 is 7.25 Å². The van der Waals surface area contributed by atoms with E-state index in [9.17, 15) is 17.3 Å². The summed E-state index contributed by atoms with van der Waals surface area (Å²) in [4.78, 5) is 4.15. The Balaban J connectivity index is 0.000000252. The van der Waals surface area contributed by atoms with Gasteiger partial charge >= 0.3 is 7.25 Å². The molecule has 0 amide bonds. The van der Waals surface area contributed by atoms with Gasteiger partial charge in [-0.25, -0.2) is 4.99 Å². The van der Waals surface area contributed by atoms with Crippen molar-refractivity contribution in [3.63, 3.8) is 0 Å². The summed E-state index contributed by atoms with van der Waals surface area (Å²) < 4.78 is 40.0. The molecule has 0 saturated carbocycles. The predicted octanol–water partition coefficient (Wildman–Crippen LogP) is 1.79. The van der Waals surface area contributed by atoms with E-state index in [-0.39, 0.29) is 0 Å². The summed E-state index contributed by atoms with van der Waals surface area (Å²) in [5, 5.41) is 0. The molecule has 1 unspecified atom stereocenters. The van der Waals surface area contributed by atoms with Gasteiger partial charge in [0.15, 0.2) is 6.34 Å². The third-order valence-electron chi connectivity index (χ3n) is 1.82. The summed E-state index contributed by atoms with van der Waals surface area (Å²) in [6.07, 6.45) is 2.04. The van der Waals surface area contributed by atoms with E-state index in [1.807, 2.05) is 6.34 Å². The highest BCUT2D eigenvalue weighted by Gasteiger charge is 2.20. The highest BCUT2D eigenvalue weighted by molar-refractivity contribution is 6.50. The number of halogens is 4. The Kier molecular flexibility index (Phi) is 4.39. The molecule has 2 nitrogen and oxygen atoms in total. The minimum absolute atomic E-state index is 1.02. The average Bonchev–Trinajstić information content (AvgIpc) is 2.34.